The van der Waals surface area contributed by atoms with Crippen LogP contribution in [0.5, 0.6) is 0 Å². The number of hydrogen-bond acceptors (Lipinski definition) is 5. The highest BCUT2D eigenvalue weighted by molar-refractivity contribution is 5.82. The minimum absolute atomic E-state index is 0.0237. The smallest absolute Gasteiger partial charge is 0.279 e. The van der Waals surface area contributed by atoms with Gasteiger partial charge in [-0.1, -0.05) is 0 Å². The zero-order chi connectivity index (χ0) is 10.6. The van der Waals surface area contributed by atoms with Crippen molar-refractivity contribution in [3.05, 3.63) is 22.1 Å². The molecule has 0 aliphatic carbocycles. The molecule has 1 aromatic rings. The topological polar surface area (TPSA) is 81.1 Å². The summed E-state index contributed by atoms with van der Waals surface area (Å²) < 4.78 is 0.928. The number of carbonyl (C=O) groups excluding carboxylic acids is 2. The number of hydrogen-bond donors (Lipinski definition) is 1. The SMILES string of the molecule is CNc1cnn(CC=O)c(=O)c1C=O. The number of anilines is 1. The largest absolute Gasteiger partial charge is 0.386 e. The Bertz CT molecular complexity index is 411. The summed E-state index contributed by atoms with van der Waals surface area (Å²) in [6.07, 6.45) is 2.31. The first-order valence-corrected chi connectivity index (χ1v) is 3.91. The fourth-order valence-corrected chi connectivity index (χ4v) is 1.02. The van der Waals surface area contributed by atoms with Crippen molar-refractivity contribution < 1.29 is 9.59 Å². The first kappa shape index (κ1) is 10.1. The van der Waals surface area contributed by atoms with Gasteiger partial charge in [-0.05, 0) is 0 Å². The predicted molar refractivity (Wildman–Crippen MR) is 49.5 cm³/mol. The molecule has 0 aliphatic heterocycles. The molecule has 0 aromatic carbocycles. The van der Waals surface area contributed by atoms with Gasteiger partial charge >= 0.3 is 0 Å². The fraction of sp³-hybridized carbons (Fsp3) is 0.250. The molecule has 0 saturated heterocycles. The first-order valence-electron chi connectivity index (χ1n) is 3.91. The lowest BCUT2D eigenvalue weighted by Gasteiger charge is -2.04. The molecule has 1 heterocycles. The molecule has 0 unspecified atom stereocenters. The number of nitrogens with zero attached hydrogens (tertiary/aromatic N) is 2. The lowest BCUT2D eigenvalue weighted by atomic mass is 10.3. The molecular weight excluding hydrogens is 186 g/mol. The van der Waals surface area contributed by atoms with Crippen molar-refractivity contribution >= 4 is 18.3 Å². The van der Waals surface area contributed by atoms with Crippen molar-refractivity contribution in [2.45, 2.75) is 6.54 Å². The van der Waals surface area contributed by atoms with Crippen LogP contribution in [0.25, 0.3) is 0 Å². The maximum absolute atomic E-state index is 11.4. The van der Waals surface area contributed by atoms with Crippen LogP contribution < -0.4 is 10.9 Å². The lowest BCUT2D eigenvalue weighted by molar-refractivity contribution is -0.108. The molecule has 0 aliphatic rings. The first-order chi connectivity index (χ1) is 6.74. The van der Waals surface area contributed by atoms with E-state index in [9.17, 15) is 14.4 Å². The number of rotatable bonds is 4. The highest BCUT2D eigenvalue weighted by Gasteiger charge is 2.08. The molecule has 0 spiro atoms. The summed E-state index contributed by atoms with van der Waals surface area (Å²) in [5, 5.41) is 6.36. The van der Waals surface area contributed by atoms with E-state index in [4.69, 9.17) is 0 Å². The molecule has 0 bridgehead atoms. The molecule has 0 atom stereocenters. The van der Waals surface area contributed by atoms with Crippen LogP contribution in [-0.4, -0.2) is 29.4 Å². The molecule has 1 N–H and O–H groups in total. The van der Waals surface area contributed by atoms with Gasteiger partial charge in [-0.3, -0.25) is 9.59 Å². The third-order valence-corrected chi connectivity index (χ3v) is 1.72. The summed E-state index contributed by atoms with van der Waals surface area (Å²) in [6.45, 7) is -0.149. The second-order valence-electron chi connectivity index (χ2n) is 2.49. The molecule has 1 rings (SSSR count). The second kappa shape index (κ2) is 4.31. The third kappa shape index (κ3) is 1.68. The van der Waals surface area contributed by atoms with E-state index in [-0.39, 0.29) is 12.1 Å². The van der Waals surface area contributed by atoms with Gasteiger partial charge in [0.25, 0.3) is 5.56 Å². The molecule has 0 saturated carbocycles. The van der Waals surface area contributed by atoms with Gasteiger partial charge in [0.15, 0.2) is 6.29 Å². The maximum Gasteiger partial charge on any atom is 0.279 e. The zero-order valence-corrected chi connectivity index (χ0v) is 7.56. The lowest BCUT2D eigenvalue weighted by Crippen LogP contribution is -2.27. The Morgan fingerprint density at radius 2 is 2.29 bits per heavy atom. The van der Waals surface area contributed by atoms with E-state index >= 15 is 0 Å². The average molecular weight is 195 g/mol. The van der Waals surface area contributed by atoms with Gasteiger partial charge in [-0.2, -0.15) is 5.10 Å². The standard InChI is InChI=1S/C8H9N3O3/c1-9-7-4-10-11(2-3-12)8(14)6(7)5-13/h3-5,9H,2H2,1H3. The molecule has 0 fully saturated rings. The average Bonchev–Trinajstić information content (AvgIpc) is 2.21. The summed E-state index contributed by atoms with van der Waals surface area (Å²) in [5.74, 6) is 0. The van der Waals surface area contributed by atoms with Gasteiger partial charge in [-0.25, -0.2) is 4.68 Å². The summed E-state index contributed by atoms with van der Waals surface area (Å²) >= 11 is 0. The molecule has 1 aromatic heterocycles. The normalized spacial score (nSPS) is 9.50. The van der Waals surface area contributed by atoms with E-state index in [1.54, 1.807) is 7.05 Å². The number of carbonyl (C=O) groups is 2. The second-order valence-corrected chi connectivity index (χ2v) is 2.49. The van der Waals surface area contributed by atoms with Crippen LogP contribution >= 0.6 is 0 Å². The Hall–Kier alpha value is -1.98. The van der Waals surface area contributed by atoms with Crippen molar-refractivity contribution in [3.8, 4) is 0 Å². The highest BCUT2D eigenvalue weighted by Crippen LogP contribution is 2.04. The van der Waals surface area contributed by atoms with Crippen LogP contribution in [-0.2, 0) is 11.3 Å². The molecule has 14 heavy (non-hydrogen) atoms. The van der Waals surface area contributed by atoms with Crippen LogP contribution in [0.4, 0.5) is 5.69 Å². The summed E-state index contributed by atoms with van der Waals surface area (Å²) in [4.78, 5) is 32.2. The fourth-order valence-electron chi connectivity index (χ4n) is 1.02. The van der Waals surface area contributed by atoms with Crippen molar-refractivity contribution in [1.29, 1.82) is 0 Å². The third-order valence-electron chi connectivity index (χ3n) is 1.72. The van der Waals surface area contributed by atoms with Crippen LogP contribution in [0, 0.1) is 0 Å². The van der Waals surface area contributed by atoms with E-state index < -0.39 is 5.56 Å². The molecule has 0 radical (unpaired) electrons. The number of aldehydes is 2. The van der Waals surface area contributed by atoms with Crippen LogP contribution in [0.15, 0.2) is 11.0 Å². The van der Waals surface area contributed by atoms with Crippen molar-refractivity contribution in [3.63, 3.8) is 0 Å². The monoisotopic (exact) mass is 195 g/mol. The van der Waals surface area contributed by atoms with E-state index in [1.165, 1.54) is 6.20 Å². The summed E-state index contributed by atoms with van der Waals surface area (Å²) in [7, 11) is 1.58. The van der Waals surface area contributed by atoms with E-state index in [0.717, 1.165) is 4.68 Å². The van der Waals surface area contributed by atoms with E-state index in [1.807, 2.05) is 0 Å². The minimum Gasteiger partial charge on any atom is -0.386 e. The van der Waals surface area contributed by atoms with Crippen molar-refractivity contribution in [2.75, 3.05) is 12.4 Å². The number of nitrogens with one attached hydrogen (secondary N) is 1. The Kier molecular flexibility index (Phi) is 3.11. The Labute approximate surface area is 79.5 Å². The quantitative estimate of drug-likeness (QED) is 0.642. The Balaban J connectivity index is 3.34. The van der Waals surface area contributed by atoms with E-state index in [2.05, 4.69) is 10.4 Å². The number of aromatic nitrogens is 2. The maximum atomic E-state index is 11.4. The summed E-state index contributed by atoms with van der Waals surface area (Å²) in [5.41, 5.74) is -0.240. The van der Waals surface area contributed by atoms with E-state index in [0.29, 0.717) is 18.3 Å². The van der Waals surface area contributed by atoms with Gasteiger partial charge in [0.1, 0.15) is 18.4 Å². The molecule has 6 nitrogen and oxygen atoms in total. The van der Waals surface area contributed by atoms with Crippen LogP contribution in [0.2, 0.25) is 0 Å². The molecular formula is C8H9N3O3. The molecule has 74 valence electrons. The van der Waals surface area contributed by atoms with Gasteiger partial charge in [0, 0.05) is 7.05 Å². The van der Waals surface area contributed by atoms with Crippen molar-refractivity contribution in [1.82, 2.24) is 9.78 Å². The van der Waals surface area contributed by atoms with Gasteiger partial charge in [0.05, 0.1) is 11.9 Å². The molecule has 6 heteroatoms. The summed E-state index contributed by atoms with van der Waals surface area (Å²) in [6, 6.07) is 0. The van der Waals surface area contributed by atoms with Gasteiger partial charge < -0.3 is 10.1 Å². The zero-order valence-electron chi connectivity index (χ0n) is 7.56. The predicted octanol–water partition coefficient (Wildman–Crippen LogP) is -0.704. The van der Waals surface area contributed by atoms with Crippen LogP contribution in [0.1, 0.15) is 10.4 Å². The minimum atomic E-state index is -0.570. The van der Waals surface area contributed by atoms with Gasteiger partial charge in [0.2, 0.25) is 0 Å². The van der Waals surface area contributed by atoms with Crippen LogP contribution in [0.3, 0.4) is 0 Å². The Morgan fingerprint density at radius 3 is 2.79 bits per heavy atom. The van der Waals surface area contributed by atoms with Gasteiger partial charge in [-0.15, -0.1) is 0 Å². The highest BCUT2D eigenvalue weighted by atomic mass is 16.1. The molecule has 0 amide bonds. The Morgan fingerprint density at radius 1 is 1.57 bits per heavy atom. The van der Waals surface area contributed by atoms with Crippen molar-refractivity contribution in [2.24, 2.45) is 0 Å².